The molecule has 0 aliphatic heterocycles. The van der Waals surface area contributed by atoms with Crippen molar-refractivity contribution in [2.24, 2.45) is 0 Å². The van der Waals surface area contributed by atoms with Crippen molar-refractivity contribution in [1.82, 2.24) is 4.98 Å². The lowest BCUT2D eigenvalue weighted by molar-refractivity contribution is 0.0997. The molecule has 0 aliphatic carbocycles. The number of aromatic nitrogens is 1. The Bertz CT molecular complexity index is 1520. The predicted molar refractivity (Wildman–Crippen MR) is 128 cm³/mol. The van der Waals surface area contributed by atoms with Crippen LogP contribution in [0.15, 0.2) is 75.6 Å². The van der Waals surface area contributed by atoms with E-state index in [1.807, 2.05) is 25.1 Å². The molecule has 2 aromatic heterocycles. The molecule has 0 aliphatic rings. The summed E-state index contributed by atoms with van der Waals surface area (Å²) in [6, 6.07) is 18.6. The zero-order valence-corrected chi connectivity index (χ0v) is 18.7. The summed E-state index contributed by atoms with van der Waals surface area (Å²) in [5.41, 5.74) is 3.81. The second-order valence-corrected chi connectivity index (χ2v) is 8.31. The van der Waals surface area contributed by atoms with Crippen molar-refractivity contribution in [2.75, 3.05) is 5.32 Å². The zero-order chi connectivity index (χ0) is 23.1. The number of phenolic OH excluding ortho intramolecular Hbond substituents is 1. The first-order valence-electron chi connectivity index (χ1n) is 9.94. The fourth-order valence-corrected chi connectivity index (χ4v) is 3.93. The summed E-state index contributed by atoms with van der Waals surface area (Å²) >= 11 is 12.1. The highest BCUT2D eigenvalue weighted by Crippen LogP contribution is 2.34. The van der Waals surface area contributed by atoms with Gasteiger partial charge < -0.3 is 19.3 Å². The van der Waals surface area contributed by atoms with E-state index in [9.17, 15) is 9.90 Å². The first-order chi connectivity index (χ1) is 15.9. The zero-order valence-electron chi connectivity index (χ0n) is 17.2. The number of aromatic hydroxyl groups is 1. The van der Waals surface area contributed by atoms with Gasteiger partial charge in [-0.1, -0.05) is 29.3 Å². The molecule has 3 aromatic carbocycles. The van der Waals surface area contributed by atoms with E-state index < -0.39 is 5.91 Å². The molecule has 5 rings (SSSR count). The Morgan fingerprint density at radius 1 is 0.939 bits per heavy atom. The Morgan fingerprint density at radius 2 is 1.76 bits per heavy atom. The van der Waals surface area contributed by atoms with Gasteiger partial charge in [-0.05, 0) is 67.1 Å². The molecular formula is C25H16Cl2N2O4. The highest BCUT2D eigenvalue weighted by Gasteiger charge is 2.17. The number of furan rings is 1. The predicted octanol–water partition coefficient (Wildman–Crippen LogP) is 7.33. The number of amides is 1. The molecule has 0 radical (unpaired) electrons. The number of aryl methyl sites for hydroxylation is 1. The third kappa shape index (κ3) is 4.18. The first kappa shape index (κ1) is 21.1. The summed E-state index contributed by atoms with van der Waals surface area (Å²) in [6.07, 6.45) is 0. The maximum atomic E-state index is 12.6. The average Bonchev–Trinajstić information content (AvgIpc) is 3.41. The SMILES string of the molecule is Cc1ccc2oc(-c3ccc(NC(=O)c4ccc(-c5ccc(Cl)cc5Cl)o4)cc3O)nc2c1. The van der Waals surface area contributed by atoms with Gasteiger partial charge in [0.05, 0.1) is 10.6 Å². The molecule has 5 aromatic rings. The summed E-state index contributed by atoms with van der Waals surface area (Å²) in [4.78, 5) is 17.1. The van der Waals surface area contributed by atoms with E-state index in [-0.39, 0.29) is 11.5 Å². The third-order valence-electron chi connectivity index (χ3n) is 5.06. The van der Waals surface area contributed by atoms with Gasteiger partial charge in [-0.15, -0.1) is 0 Å². The molecule has 33 heavy (non-hydrogen) atoms. The van der Waals surface area contributed by atoms with Crippen LogP contribution >= 0.6 is 23.2 Å². The van der Waals surface area contributed by atoms with Gasteiger partial charge in [-0.2, -0.15) is 0 Å². The monoisotopic (exact) mass is 478 g/mol. The number of fused-ring (bicyclic) bond motifs is 1. The molecular weight excluding hydrogens is 463 g/mol. The number of hydrogen-bond acceptors (Lipinski definition) is 5. The van der Waals surface area contributed by atoms with E-state index in [0.717, 1.165) is 5.56 Å². The molecule has 0 bridgehead atoms. The Hall–Kier alpha value is -3.74. The Labute approximate surface area is 198 Å². The van der Waals surface area contributed by atoms with Crippen LogP contribution in [-0.4, -0.2) is 16.0 Å². The highest BCUT2D eigenvalue weighted by atomic mass is 35.5. The molecule has 0 saturated carbocycles. The number of carbonyl (C=O) groups is 1. The fourth-order valence-electron chi connectivity index (χ4n) is 3.43. The number of carbonyl (C=O) groups excluding carboxylic acids is 1. The van der Waals surface area contributed by atoms with Crippen molar-refractivity contribution in [3.63, 3.8) is 0 Å². The number of phenols is 1. The van der Waals surface area contributed by atoms with Crippen molar-refractivity contribution < 1.29 is 18.7 Å². The van der Waals surface area contributed by atoms with Crippen molar-refractivity contribution in [1.29, 1.82) is 0 Å². The van der Waals surface area contributed by atoms with E-state index in [0.29, 0.717) is 49.6 Å². The summed E-state index contributed by atoms with van der Waals surface area (Å²) in [6.45, 7) is 1.97. The lowest BCUT2D eigenvalue weighted by Crippen LogP contribution is -2.10. The molecule has 0 unspecified atom stereocenters. The van der Waals surface area contributed by atoms with Crippen molar-refractivity contribution in [3.8, 4) is 28.5 Å². The molecule has 164 valence electrons. The number of anilines is 1. The summed E-state index contributed by atoms with van der Waals surface area (Å²) in [5.74, 6) is 0.265. The Balaban J connectivity index is 1.36. The summed E-state index contributed by atoms with van der Waals surface area (Å²) in [5, 5.41) is 14.1. The highest BCUT2D eigenvalue weighted by molar-refractivity contribution is 6.36. The number of hydrogen-bond donors (Lipinski definition) is 2. The van der Waals surface area contributed by atoms with Crippen molar-refractivity contribution >= 4 is 45.9 Å². The third-order valence-corrected chi connectivity index (χ3v) is 5.60. The van der Waals surface area contributed by atoms with Crippen LogP contribution in [0.25, 0.3) is 33.9 Å². The topological polar surface area (TPSA) is 88.5 Å². The molecule has 1 amide bonds. The second kappa shape index (κ2) is 8.31. The number of nitrogens with zero attached hydrogens (tertiary/aromatic N) is 1. The Morgan fingerprint density at radius 3 is 2.55 bits per heavy atom. The minimum atomic E-state index is -0.476. The number of nitrogens with one attached hydrogen (secondary N) is 1. The van der Waals surface area contributed by atoms with Crippen LogP contribution in [0, 0.1) is 6.92 Å². The Kier molecular flexibility index (Phi) is 5.32. The largest absolute Gasteiger partial charge is 0.507 e. The summed E-state index contributed by atoms with van der Waals surface area (Å²) in [7, 11) is 0. The van der Waals surface area contributed by atoms with E-state index in [4.69, 9.17) is 32.0 Å². The van der Waals surface area contributed by atoms with E-state index >= 15 is 0 Å². The molecule has 0 atom stereocenters. The van der Waals surface area contributed by atoms with Crippen LogP contribution < -0.4 is 5.32 Å². The number of halogens is 2. The maximum absolute atomic E-state index is 12.6. The molecule has 2 N–H and O–H groups in total. The lowest BCUT2D eigenvalue weighted by atomic mass is 10.1. The second-order valence-electron chi connectivity index (χ2n) is 7.46. The van der Waals surface area contributed by atoms with E-state index in [1.54, 1.807) is 42.5 Å². The number of rotatable bonds is 4. The van der Waals surface area contributed by atoms with Crippen LogP contribution in [-0.2, 0) is 0 Å². The molecule has 2 heterocycles. The molecule has 8 heteroatoms. The van der Waals surface area contributed by atoms with E-state index in [1.165, 1.54) is 6.07 Å². The fraction of sp³-hybridized carbons (Fsp3) is 0.0400. The first-order valence-corrected chi connectivity index (χ1v) is 10.7. The van der Waals surface area contributed by atoms with Crippen LogP contribution in [0.5, 0.6) is 5.75 Å². The average molecular weight is 479 g/mol. The van der Waals surface area contributed by atoms with Gasteiger partial charge in [-0.25, -0.2) is 4.98 Å². The smallest absolute Gasteiger partial charge is 0.291 e. The summed E-state index contributed by atoms with van der Waals surface area (Å²) < 4.78 is 11.4. The maximum Gasteiger partial charge on any atom is 0.291 e. The van der Waals surface area contributed by atoms with Crippen LogP contribution in [0.3, 0.4) is 0 Å². The van der Waals surface area contributed by atoms with Gasteiger partial charge in [0.15, 0.2) is 11.3 Å². The lowest BCUT2D eigenvalue weighted by Gasteiger charge is -2.06. The minimum Gasteiger partial charge on any atom is -0.507 e. The van der Waals surface area contributed by atoms with Crippen molar-refractivity contribution in [2.45, 2.75) is 6.92 Å². The van der Waals surface area contributed by atoms with Gasteiger partial charge in [0.1, 0.15) is 17.0 Å². The van der Waals surface area contributed by atoms with Gasteiger partial charge in [0, 0.05) is 22.3 Å². The standard InChI is InChI=1S/C25H16Cl2N2O4/c1-13-2-7-22-19(10-13)29-25(33-22)17-6-4-15(12-20(17)30)28-24(31)23-9-8-21(32-23)16-5-3-14(26)11-18(16)27/h2-12,30H,1H3,(H,28,31). The van der Waals surface area contributed by atoms with Gasteiger partial charge >= 0.3 is 0 Å². The number of benzene rings is 3. The number of oxazole rings is 1. The molecule has 0 spiro atoms. The van der Waals surface area contributed by atoms with Gasteiger partial charge in [0.25, 0.3) is 5.91 Å². The molecule has 6 nitrogen and oxygen atoms in total. The van der Waals surface area contributed by atoms with E-state index in [2.05, 4.69) is 10.3 Å². The quantitative estimate of drug-likeness (QED) is 0.282. The van der Waals surface area contributed by atoms with Crippen LogP contribution in [0.4, 0.5) is 5.69 Å². The van der Waals surface area contributed by atoms with Crippen LogP contribution in [0.2, 0.25) is 10.0 Å². The van der Waals surface area contributed by atoms with Gasteiger partial charge in [-0.3, -0.25) is 4.79 Å². The van der Waals surface area contributed by atoms with Gasteiger partial charge in [0.2, 0.25) is 5.89 Å². The van der Waals surface area contributed by atoms with Crippen molar-refractivity contribution in [3.05, 3.63) is 88.1 Å². The molecule has 0 fully saturated rings. The normalized spacial score (nSPS) is 11.1. The van der Waals surface area contributed by atoms with Crippen LogP contribution in [0.1, 0.15) is 16.1 Å². The minimum absolute atomic E-state index is 0.0795. The molecule has 0 saturated heterocycles.